The lowest BCUT2D eigenvalue weighted by Crippen LogP contribution is -2.18. The molecule has 31 heavy (non-hydrogen) atoms. The highest BCUT2D eigenvalue weighted by atomic mass is 16.5. The Balaban J connectivity index is 1.29. The monoisotopic (exact) mass is 417 g/mol. The second-order valence-electron chi connectivity index (χ2n) is 8.70. The van der Waals surface area contributed by atoms with Gasteiger partial charge in [-0.1, -0.05) is 31.7 Å². The topological polar surface area (TPSA) is 70.9 Å². The zero-order chi connectivity index (χ0) is 21.7. The number of para-hydroxylation sites is 1. The minimum atomic E-state index is 0.234. The summed E-state index contributed by atoms with van der Waals surface area (Å²) in [6.45, 7) is 10.1. The molecule has 4 rings (SSSR count). The molecule has 2 fully saturated rings. The maximum Gasteiger partial charge on any atom is 0.258 e. The fourth-order valence-electron chi connectivity index (χ4n) is 4.67. The molecule has 0 amide bonds. The molecule has 6 heteroatoms. The molecule has 2 aromatic rings. The van der Waals surface area contributed by atoms with Crippen LogP contribution in [0.2, 0.25) is 0 Å². The predicted octanol–water partition coefficient (Wildman–Crippen LogP) is 5.79. The Morgan fingerprint density at radius 2 is 1.90 bits per heavy atom. The molecule has 0 aliphatic heterocycles. The van der Waals surface area contributed by atoms with E-state index in [1.807, 2.05) is 42.6 Å². The SMILES string of the molecule is C=N/N=C(\OCNc1ccccc1)C(=C)Nc1ccc(C2CCC3(CC2)CC3C)nc1. The summed E-state index contributed by atoms with van der Waals surface area (Å²) in [7, 11) is 0. The van der Waals surface area contributed by atoms with Crippen LogP contribution in [0.15, 0.2) is 71.1 Å². The fourth-order valence-corrected chi connectivity index (χ4v) is 4.67. The van der Waals surface area contributed by atoms with Crippen LogP contribution in [0.5, 0.6) is 0 Å². The van der Waals surface area contributed by atoms with Gasteiger partial charge in [0.05, 0.1) is 17.6 Å². The van der Waals surface area contributed by atoms with Crippen molar-refractivity contribution in [2.45, 2.75) is 44.9 Å². The molecule has 1 aromatic carbocycles. The number of nitrogens with one attached hydrogen (secondary N) is 2. The first kappa shape index (κ1) is 21.1. The van der Waals surface area contributed by atoms with Crippen molar-refractivity contribution in [3.8, 4) is 0 Å². The standard InChI is InChI=1S/C25H31N5O/c1-18-15-25(18)13-11-20(12-14-25)23-10-9-22(16-27-23)29-19(2)24(30-26-3)31-17-28-21-7-5-4-6-8-21/h4-10,16,18,20,28-29H,2-3,11-15,17H2,1H3/b30-24-. The average Bonchev–Trinajstić information content (AvgIpc) is 3.42. The third-order valence-electron chi connectivity index (χ3n) is 6.76. The number of hydrogen-bond donors (Lipinski definition) is 2. The van der Waals surface area contributed by atoms with Crippen molar-refractivity contribution in [1.29, 1.82) is 0 Å². The zero-order valence-corrected chi connectivity index (χ0v) is 18.2. The van der Waals surface area contributed by atoms with Gasteiger partial charge in [0.25, 0.3) is 5.90 Å². The van der Waals surface area contributed by atoms with Gasteiger partial charge in [0, 0.05) is 24.0 Å². The number of anilines is 2. The van der Waals surface area contributed by atoms with Crippen molar-refractivity contribution in [2.75, 3.05) is 17.4 Å². The van der Waals surface area contributed by atoms with E-state index < -0.39 is 0 Å². The molecular weight excluding hydrogens is 386 g/mol. The number of rotatable bonds is 8. The van der Waals surface area contributed by atoms with Gasteiger partial charge in [0.1, 0.15) is 0 Å². The fraction of sp³-hybridized carbons (Fsp3) is 0.400. The summed E-state index contributed by atoms with van der Waals surface area (Å²) >= 11 is 0. The minimum Gasteiger partial charge on any atom is -0.454 e. The number of aromatic nitrogens is 1. The van der Waals surface area contributed by atoms with Gasteiger partial charge in [0.15, 0.2) is 6.73 Å². The highest BCUT2D eigenvalue weighted by Crippen LogP contribution is 2.62. The zero-order valence-electron chi connectivity index (χ0n) is 18.2. The first-order chi connectivity index (χ1) is 15.1. The van der Waals surface area contributed by atoms with Crippen molar-refractivity contribution in [2.24, 2.45) is 21.5 Å². The van der Waals surface area contributed by atoms with Crippen LogP contribution in [0.3, 0.4) is 0 Å². The predicted molar refractivity (Wildman–Crippen MR) is 127 cm³/mol. The lowest BCUT2D eigenvalue weighted by Gasteiger charge is -2.29. The molecule has 2 N–H and O–H groups in total. The molecule has 1 spiro atoms. The molecule has 0 saturated heterocycles. The van der Waals surface area contributed by atoms with Crippen LogP contribution in [0.25, 0.3) is 0 Å². The van der Waals surface area contributed by atoms with Crippen LogP contribution < -0.4 is 10.6 Å². The first-order valence-electron chi connectivity index (χ1n) is 11.0. The van der Waals surface area contributed by atoms with E-state index >= 15 is 0 Å². The van der Waals surface area contributed by atoms with Crippen LogP contribution >= 0.6 is 0 Å². The van der Waals surface area contributed by atoms with E-state index in [1.54, 1.807) is 0 Å². The number of nitrogens with zero attached hydrogens (tertiary/aromatic N) is 3. The van der Waals surface area contributed by atoms with Gasteiger partial charge in [-0.3, -0.25) is 4.98 Å². The molecule has 0 radical (unpaired) electrons. The van der Waals surface area contributed by atoms with E-state index in [9.17, 15) is 0 Å². The second kappa shape index (κ2) is 9.33. The lowest BCUT2D eigenvalue weighted by atomic mass is 9.77. The smallest absolute Gasteiger partial charge is 0.258 e. The van der Waals surface area contributed by atoms with Gasteiger partial charge in [-0.05, 0) is 67.7 Å². The Kier molecular flexibility index (Phi) is 6.35. The number of hydrogen-bond acceptors (Lipinski definition) is 6. The quantitative estimate of drug-likeness (QED) is 0.247. The molecule has 2 aliphatic carbocycles. The van der Waals surface area contributed by atoms with Crippen molar-refractivity contribution < 1.29 is 4.74 Å². The molecule has 2 saturated carbocycles. The van der Waals surface area contributed by atoms with E-state index in [1.165, 1.54) is 37.8 Å². The molecule has 1 aromatic heterocycles. The van der Waals surface area contributed by atoms with Crippen molar-refractivity contribution in [1.82, 2.24) is 4.98 Å². The summed E-state index contributed by atoms with van der Waals surface area (Å²) in [5.74, 6) is 1.77. The van der Waals surface area contributed by atoms with Gasteiger partial charge in [-0.2, -0.15) is 5.10 Å². The van der Waals surface area contributed by atoms with Crippen molar-refractivity contribution >= 4 is 24.0 Å². The summed E-state index contributed by atoms with van der Waals surface area (Å²) in [5, 5.41) is 13.9. The Hall–Kier alpha value is -3.15. The Labute approximate surface area is 184 Å². The highest BCUT2D eigenvalue weighted by molar-refractivity contribution is 5.95. The van der Waals surface area contributed by atoms with Gasteiger partial charge in [-0.15, -0.1) is 5.10 Å². The second-order valence-corrected chi connectivity index (χ2v) is 8.70. The summed E-state index contributed by atoms with van der Waals surface area (Å²) in [5.41, 5.74) is 4.15. The minimum absolute atomic E-state index is 0.234. The van der Waals surface area contributed by atoms with Gasteiger partial charge in [-0.25, -0.2) is 0 Å². The van der Waals surface area contributed by atoms with Crippen molar-refractivity contribution in [3.05, 3.63) is 66.6 Å². The highest BCUT2D eigenvalue weighted by Gasteiger charge is 2.52. The normalized spacial score (nSPS) is 25.0. The lowest BCUT2D eigenvalue weighted by molar-refractivity contribution is 0.283. The first-order valence-corrected chi connectivity index (χ1v) is 11.0. The summed E-state index contributed by atoms with van der Waals surface area (Å²) in [6, 6.07) is 14.0. The Bertz CT molecular complexity index is 930. The number of ether oxygens (including phenoxy) is 1. The van der Waals surface area contributed by atoms with Crippen LogP contribution in [0.1, 0.15) is 50.6 Å². The Morgan fingerprint density at radius 1 is 1.16 bits per heavy atom. The Morgan fingerprint density at radius 3 is 2.52 bits per heavy atom. The van der Waals surface area contributed by atoms with Crippen LogP contribution in [-0.2, 0) is 4.74 Å². The third kappa shape index (κ3) is 5.13. The molecule has 1 atom stereocenters. The molecule has 2 aliphatic rings. The maximum absolute atomic E-state index is 5.70. The summed E-state index contributed by atoms with van der Waals surface area (Å²) < 4.78 is 5.70. The van der Waals surface area contributed by atoms with Gasteiger partial charge < -0.3 is 15.4 Å². The number of benzene rings is 1. The number of pyridine rings is 1. The molecular formula is C25H31N5O. The van der Waals surface area contributed by atoms with E-state index in [-0.39, 0.29) is 12.6 Å². The third-order valence-corrected chi connectivity index (χ3v) is 6.76. The van der Waals surface area contributed by atoms with Crippen molar-refractivity contribution in [3.63, 3.8) is 0 Å². The van der Waals surface area contributed by atoms with E-state index in [0.717, 1.165) is 17.3 Å². The van der Waals surface area contributed by atoms with Gasteiger partial charge >= 0.3 is 0 Å². The molecule has 162 valence electrons. The van der Waals surface area contributed by atoms with Crippen LogP contribution in [-0.4, -0.2) is 24.3 Å². The average molecular weight is 418 g/mol. The summed E-state index contributed by atoms with van der Waals surface area (Å²) in [6.07, 6.45) is 8.47. The van der Waals surface area contributed by atoms with E-state index in [4.69, 9.17) is 9.72 Å². The maximum atomic E-state index is 5.70. The largest absolute Gasteiger partial charge is 0.454 e. The molecule has 1 unspecified atom stereocenters. The molecule has 1 heterocycles. The van der Waals surface area contributed by atoms with E-state index in [0.29, 0.717) is 17.0 Å². The van der Waals surface area contributed by atoms with Gasteiger partial charge in [0.2, 0.25) is 0 Å². The van der Waals surface area contributed by atoms with Crippen LogP contribution in [0.4, 0.5) is 11.4 Å². The molecule has 6 nitrogen and oxygen atoms in total. The molecule has 0 bridgehead atoms. The van der Waals surface area contributed by atoms with Crippen LogP contribution in [0, 0.1) is 11.3 Å². The summed E-state index contributed by atoms with van der Waals surface area (Å²) in [4.78, 5) is 4.72. The van der Waals surface area contributed by atoms with E-state index in [2.05, 4.69) is 47.1 Å².